The van der Waals surface area contributed by atoms with Crippen LogP contribution in [0.2, 0.25) is 0 Å². The SMILES string of the molecule is CN1[C@@H](CC(=O)N2CCOCC2)CC[C@H]1CNC(=O)c1cnc2cnn(C)c2c1. The van der Waals surface area contributed by atoms with Gasteiger partial charge in [0.1, 0.15) is 5.52 Å². The van der Waals surface area contributed by atoms with Gasteiger partial charge in [-0.05, 0) is 26.0 Å². The number of nitrogens with zero attached hydrogens (tertiary/aromatic N) is 5. The molecule has 2 aliphatic heterocycles. The zero-order valence-electron chi connectivity index (χ0n) is 17.0. The van der Waals surface area contributed by atoms with Crippen LogP contribution in [0.4, 0.5) is 0 Å². The fraction of sp³-hybridized carbons (Fsp3) is 0.600. The summed E-state index contributed by atoms with van der Waals surface area (Å²) in [7, 11) is 3.88. The molecule has 0 spiro atoms. The Morgan fingerprint density at radius 2 is 1.93 bits per heavy atom. The number of carbonyl (C=O) groups is 2. The highest BCUT2D eigenvalue weighted by atomic mass is 16.5. The number of rotatable bonds is 5. The first kappa shape index (κ1) is 19.8. The highest BCUT2D eigenvalue weighted by molar-refractivity contribution is 5.96. The van der Waals surface area contributed by atoms with E-state index in [9.17, 15) is 9.59 Å². The number of hydrogen-bond donors (Lipinski definition) is 1. The first-order valence-corrected chi connectivity index (χ1v) is 10.2. The minimum atomic E-state index is -0.137. The number of aromatic nitrogens is 3. The van der Waals surface area contributed by atoms with Crippen molar-refractivity contribution in [2.45, 2.75) is 31.3 Å². The summed E-state index contributed by atoms with van der Waals surface area (Å²) in [4.78, 5) is 33.5. The number of morpholine rings is 1. The van der Waals surface area contributed by atoms with E-state index >= 15 is 0 Å². The van der Waals surface area contributed by atoms with Gasteiger partial charge in [0, 0.05) is 51.4 Å². The Balaban J connectivity index is 1.29. The van der Waals surface area contributed by atoms with Crippen LogP contribution in [0.1, 0.15) is 29.6 Å². The van der Waals surface area contributed by atoms with Crippen molar-refractivity contribution in [3.05, 3.63) is 24.0 Å². The molecule has 2 aromatic heterocycles. The maximum Gasteiger partial charge on any atom is 0.252 e. The van der Waals surface area contributed by atoms with Crippen molar-refractivity contribution in [2.24, 2.45) is 7.05 Å². The number of likely N-dealkylation sites (N-methyl/N-ethyl adjacent to an activating group) is 1. The van der Waals surface area contributed by atoms with Gasteiger partial charge in [0.25, 0.3) is 5.91 Å². The van der Waals surface area contributed by atoms with Crippen molar-refractivity contribution in [1.82, 2.24) is 29.9 Å². The second-order valence-electron chi connectivity index (χ2n) is 7.85. The lowest BCUT2D eigenvalue weighted by Gasteiger charge is -2.30. The molecule has 1 N–H and O–H groups in total. The molecule has 2 aliphatic rings. The number of ether oxygens (including phenoxy) is 1. The summed E-state index contributed by atoms with van der Waals surface area (Å²) in [5, 5.41) is 7.18. The van der Waals surface area contributed by atoms with Crippen molar-refractivity contribution in [3.63, 3.8) is 0 Å². The van der Waals surface area contributed by atoms with E-state index in [4.69, 9.17) is 4.74 Å². The second kappa shape index (κ2) is 8.46. The Morgan fingerprint density at radius 3 is 2.72 bits per heavy atom. The standard InChI is InChI=1S/C20H28N6O3/c1-24-15(10-19(27)26-5-7-29-8-6-26)3-4-16(24)12-22-20(28)14-9-18-17(21-11-14)13-23-25(18)2/h9,11,13,15-16H,3-8,10,12H2,1-2H3,(H,22,28)/t15-,16+/m1/s1. The molecule has 156 valence electrons. The zero-order chi connectivity index (χ0) is 20.4. The van der Waals surface area contributed by atoms with Crippen molar-refractivity contribution in [1.29, 1.82) is 0 Å². The van der Waals surface area contributed by atoms with Crippen LogP contribution < -0.4 is 5.32 Å². The molecule has 9 nitrogen and oxygen atoms in total. The Morgan fingerprint density at radius 1 is 1.17 bits per heavy atom. The van der Waals surface area contributed by atoms with E-state index in [1.807, 2.05) is 25.1 Å². The minimum absolute atomic E-state index is 0.137. The van der Waals surface area contributed by atoms with Crippen molar-refractivity contribution >= 4 is 22.8 Å². The Hall–Kier alpha value is -2.52. The number of fused-ring (bicyclic) bond motifs is 1. The number of nitrogens with one attached hydrogen (secondary N) is 1. The van der Waals surface area contributed by atoms with Crippen LogP contribution in [0.3, 0.4) is 0 Å². The maximum atomic E-state index is 12.6. The molecule has 2 atom stereocenters. The quantitative estimate of drug-likeness (QED) is 0.782. The fourth-order valence-electron chi connectivity index (χ4n) is 4.19. The van der Waals surface area contributed by atoms with Crippen molar-refractivity contribution < 1.29 is 14.3 Å². The van der Waals surface area contributed by atoms with Crippen LogP contribution in [0.15, 0.2) is 18.5 Å². The molecule has 0 saturated carbocycles. The van der Waals surface area contributed by atoms with E-state index in [2.05, 4.69) is 20.3 Å². The summed E-state index contributed by atoms with van der Waals surface area (Å²) >= 11 is 0. The molecule has 29 heavy (non-hydrogen) atoms. The van der Waals surface area contributed by atoms with Gasteiger partial charge in [0.15, 0.2) is 0 Å². The van der Waals surface area contributed by atoms with Crippen LogP contribution >= 0.6 is 0 Å². The molecule has 0 aliphatic carbocycles. The van der Waals surface area contributed by atoms with E-state index in [0.29, 0.717) is 44.8 Å². The molecule has 2 saturated heterocycles. The van der Waals surface area contributed by atoms with Gasteiger partial charge in [-0.15, -0.1) is 0 Å². The van der Waals surface area contributed by atoms with E-state index < -0.39 is 0 Å². The Labute approximate surface area is 170 Å². The third-order valence-corrected chi connectivity index (χ3v) is 6.12. The fourth-order valence-corrected chi connectivity index (χ4v) is 4.19. The first-order valence-electron chi connectivity index (χ1n) is 10.2. The molecule has 4 rings (SSSR count). The Kier molecular flexibility index (Phi) is 5.77. The largest absolute Gasteiger partial charge is 0.378 e. The third-order valence-electron chi connectivity index (χ3n) is 6.12. The molecule has 0 unspecified atom stereocenters. The number of carbonyl (C=O) groups excluding carboxylic acids is 2. The smallest absolute Gasteiger partial charge is 0.252 e. The van der Waals surface area contributed by atoms with Gasteiger partial charge in [-0.3, -0.25) is 24.2 Å². The predicted molar refractivity (Wildman–Crippen MR) is 107 cm³/mol. The number of likely N-dealkylation sites (tertiary alicyclic amines) is 1. The number of aryl methyl sites for hydroxylation is 1. The van der Waals surface area contributed by atoms with E-state index in [0.717, 1.165) is 23.9 Å². The molecule has 4 heterocycles. The van der Waals surface area contributed by atoms with Gasteiger partial charge in [-0.1, -0.05) is 0 Å². The molecule has 0 radical (unpaired) electrons. The number of pyridine rings is 1. The minimum Gasteiger partial charge on any atom is -0.378 e. The lowest BCUT2D eigenvalue weighted by Crippen LogP contribution is -2.45. The van der Waals surface area contributed by atoms with Crippen LogP contribution in [0, 0.1) is 0 Å². The average molecular weight is 400 g/mol. The first-order chi connectivity index (χ1) is 14.0. The predicted octanol–water partition coefficient (Wildman–Crippen LogP) is 0.410. The van der Waals surface area contributed by atoms with Gasteiger partial charge >= 0.3 is 0 Å². The number of amides is 2. The lowest BCUT2D eigenvalue weighted by molar-refractivity contribution is -0.136. The second-order valence-corrected chi connectivity index (χ2v) is 7.85. The topological polar surface area (TPSA) is 92.6 Å². The van der Waals surface area contributed by atoms with Crippen LogP contribution in [-0.2, 0) is 16.6 Å². The van der Waals surface area contributed by atoms with Gasteiger partial charge in [-0.2, -0.15) is 5.10 Å². The average Bonchev–Trinajstić information content (AvgIpc) is 3.29. The van der Waals surface area contributed by atoms with E-state index in [-0.39, 0.29) is 23.9 Å². The van der Waals surface area contributed by atoms with Crippen LogP contribution in [-0.4, -0.2) is 88.4 Å². The molecule has 0 bridgehead atoms. The van der Waals surface area contributed by atoms with Crippen LogP contribution in [0.25, 0.3) is 11.0 Å². The highest BCUT2D eigenvalue weighted by Gasteiger charge is 2.33. The lowest BCUT2D eigenvalue weighted by atomic mass is 10.1. The van der Waals surface area contributed by atoms with Gasteiger partial charge in [0.2, 0.25) is 5.91 Å². The summed E-state index contributed by atoms with van der Waals surface area (Å²) in [5.74, 6) is 0.0623. The number of hydrogen-bond acceptors (Lipinski definition) is 6. The van der Waals surface area contributed by atoms with E-state index in [1.165, 1.54) is 0 Å². The molecule has 2 aromatic rings. The maximum absolute atomic E-state index is 12.6. The van der Waals surface area contributed by atoms with Gasteiger partial charge in [-0.25, -0.2) is 0 Å². The summed E-state index contributed by atoms with van der Waals surface area (Å²) in [6.07, 6.45) is 5.74. The third kappa shape index (κ3) is 4.25. The molecule has 2 amide bonds. The molecular weight excluding hydrogens is 372 g/mol. The van der Waals surface area contributed by atoms with E-state index in [1.54, 1.807) is 17.1 Å². The van der Waals surface area contributed by atoms with Gasteiger partial charge in [0.05, 0.1) is 30.5 Å². The molecule has 9 heteroatoms. The summed E-state index contributed by atoms with van der Waals surface area (Å²) in [6, 6.07) is 2.27. The molecular formula is C20H28N6O3. The molecule has 0 aromatic carbocycles. The highest BCUT2D eigenvalue weighted by Crippen LogP contribution is 2.25. The van der Waals surface area contributed by atoms with Crippen molar-refractivity contribution in [3.8, 4) is 0 Å². The monoisotopic (exact) mass is 400 g/mol. The molecule has 2 fully saturated rings. The summed E-state index contributed by atoms with van der Waals surface area (Å²) in [5.41, 5.74) is 2.13. The van der Waals surface area contributed by atoms with Gasteiger partial charge < -0.3 is 15.0 Å². The summed E-state index contributed by atoms with van der Waals surface area (Å²) in [6.45, 7) is 3.18. The van der Waals surface area contributed by atoms with Crippen LogP contribution in [0.5, 0.6) is 0 Å². The zero-order valence-corrected chi connectivity index (χ0v) is 17.0. The van der Waals surface area contributed by atoms with Crippen molar-refractivity contribution in [2.75, 3.05) is 39.9 Å². The summed E-state index contributed by atoms with van der Waals surface area (Å²) < 4.78 is 7.03. The normalized spacial score (nSPS) is 22.9. The Bertz CT molecular complexity index is 891.